The molecule has 27 heavy (non-hydrogen) atoms. The molecule has 1 unspecified atom stereocenters. The predicted molar refractivity (Wildman–Crippen MR) is 106 cm³/mol. The maximum absolute atomic E-state index is 13.2. The zero-order valence-corrected chi connectivity index (χ0v) is 15.9. The van der Waals surface area contributed by atoms with E-state index in [4.69, 9.17) is 9.47 Å². The van der Waals surface area contributed by atoms with E-state index in [9.17, 15) is 4.79 Å². The van der Waals surface area contributed by atoms with Gasteiger partial charge in [-0.1, -0.05) is 24.3 Å². The maximum Gasteiger partial charge on any atom is 0.261 e. The molecule has 0 bridgehead atoms. The van der Waals surface area contributed by atoms with Crippen molar-refractivity contribution in [3.8, 4) is 11.5 Å². The van der Waals surface area contributed by atoms with Crippen LogP contribution in [0.15, 0.2) is 48.5 Å². The van der Waals surface area contributed by atoms with E-state index >= 15 is 0 Å². The molecule has 1 aromatic heterocycles. The first-order valence-electron chi connectivity index (χ1n) is 9.18. The van der Waals surface area contributed by atoms with Crippen LogP contribution in [0.4, 0.5) is 0 Å². The molecule has 1 aliphatic rings. The second kappa shape index (κ2) is 6.99. The largest absolute Gasteiger partial charge is 0.496 e. The van der Waals surface area contributed by atoms with Crippen LogP contribution in [0.2, 0.25) is 0 Å². The average molecular weight is 364 g/mol. The van der Waals surface area contributed by atoms with Gasteiger partial charge in [0.1, 0.15) is 17.1 Å². The van der Waals surface area contributed by atoms with Gasteiger partial charge in [0.2, 0.25) is 0 Å². The lowest BCUT2D eigenvalue weighted by molar-refractivity contribution is 0.0783. The first-order valence-corrected chi connectivity index (χ1v) is 9.18. The number of likely N-dealkylation sites (tertiary alicyclic amines) is 1. The lowest BCUT2D eigenvalue weighted by atomic mass is 10.0. The molecular formula is C22H24N2O3. The van der Waals surface area contributed by atoms with Gasteiger partial charge < -0.3 is 18.9 Å². The van der Waals surface area contributed by atoms with E-state index in [2.05, 4.69) is 41.9 Å². The third-order valence-electron chi connectivity index (χ3n) is 5.52. The highest BCUT2D eigenvalue weighted by Crippen LogP contribution is 2.35. The van der Waals surface area contributed by atoms with Crippen LogP contribution >= 0.6 is 0 Å². The lowest BCUT2D eigenvalue weighted by Crippen LogP contribution is -2.29. The average Bonchev–Trinajstić information content (AvgIpc) is 3.32. The molecule has 4 rings (SSSR count). The Morgan fingerprint density at radius 1 is 1.04 bits per heavy atom. The van der Waals surface area contributed by atoms with Gasteiger partial charge in [0.15, 0.2) is 0 Å². The number of nitrogens with zero attached hydrogens (tertiary/aromatic N) is 2. The molecule has 1 saturated heterocycles. The Bertz CT molecular complexity index is 970. The van der Waals surface area contributed by atoms with Crippen LogP contribution < -0.4 is 9.47 Å². The summed E-state index contributed by atoms with van der Waals surface area (Å²) in [6.45, 7) is 1.43. The smallest absolute Gasteiger partial charge is 0.261 e. The SMILES string of the molecule is COc1cccc(OC)c1C(=O)N1CCC(c2cc3ccccc3n2C)C1. The molecule has 5 nitrogen and oxygen atoms in total. The number of carbonyl (C=O) groups excluding carboxylic acids is 1. The minimum Gasteiger partial charge on any atom is -0.496 e. The zero-order chi connectivity index (χ0) is 19.0. The van der Waals surface area contributed by atoms with Crippen molar-refractivity contribution in [2.24, 2.45) is 7.05 Å². The third-order valence-corrected chi connectivity index (χ3v) is 5.52. The van der Waals surface area contributed by atoms with E-state index in [0.29, 0.717) is 29.5 Å². The number of aryl methyl sites for hydroxylation is 1. The molecule has 140 valence electrons. The van der Waals surface area contributed by atoms with Crippen LogP contribution in [0.5, 0.6) is 11.5 Å². The number of amides is 1. The Morgan fingerprint density at radius 2 is 1.74 bits per heavy atom. The van der Waals surface area contributed by atoms with Crippen LogP contribution in [-0.2, 0) is 7.05 Å². The molecule has 1 aliphatic heterocycles. The summed E-state index contributed by atoms with van der Waals surface area (Å²) in [7, 11) is 5.26. The Labute approximate surface area is 159 Å². The number of hydrogen-bond donors (Lipinski definition) is 0. The summed E-state index contributed by atoms with van der Waals surface area (Å²) in [5.74, 6) is 1.39. The number of hydrogen-bond acceptors (Lipinski definition) is 3. The van der Waals surface area contributed by atoms with Gasteiger partial charge in [0.05, 0.1) is 14.2 Å². The van der Waals surface area contributed by atoms with Crippen molar-refractivity contribution in [3.63, 3.8) is 0 Å². The van der Waals surface area contributed by atoms with Gasteiger partial charge in [-0.15, -0.1) is 0 Å². The number of para-hydroxylation sites is 1. The monoisotopic (exact) mass is 364 g/mol. The summed E-state index contributed by atoms with van der Waals surface area (Å²) in [5.41, 5.74) is 3.00. The van der Waals surface area contributed by atoms with Crippen LogP contribution in [0.25, 0.3) is 10.9 Å². The minimum absolute atomic E-state index is 0.0365. The lowest BCUT2D eigenvalue weighted by Gasteiger charge is -2.20. The second-order valence-corrected chi connectivity index (χ2v) is 6.96. The summed E-state index contributed by atoms with van der Waals surface area (Å²) < 4.78 is 13.1. The normalized spacial score (nSPS) is 16.7. The van der Waals surface area contributed by atoms with Crippen molar-refractivity contribution in [1.29, 1.82) is 0 Å². The van der Waals surface area contributed by atoms with Crippen LogP contribution in [0, 0.1) is 0 Å². The summed E-state index contributed by atoms with van der Waals surface area (Å²) in [4.78, 5) is 15.1. The molecule has 1 amide bonds. The summed E-state index contributed by atoms with van der Waals surface area (Å²) in [6, 6.07) is 16.1. The fourth-order valence-corrected chi connectivity index (χ4v) is 4.11. The van der Waals surface area contributed by atoms with E-state index < -0.39 is 0 Å². The van der Waals surface area contributed by atoms with Gasteiger partial charge in [0.25, 0.3) is 5.91 Å². The summed E-state index contributed by atoms with van der Waals surface area (Å²) >= 11 is 0. The molecule has 1 fully saturated rings. The Balaban J connectivity index is 1.61. The summed E-state index contributed by atoms with van der Waals surface area (Å²) in [5, 5.41) is 1.24. The van der Waals surface area contributed by atoms with Gasteiger partial charge in [-0.25, -0.2) is 0 Å². The number of aromatic nitrogens is 1. The van der Waals surface area contributed by atoms with Crippen molar-refractivity contribution in [3.05, 3.63) is 59.8 Å². The van der Waals surface area contributed by atoms with E-state index in [0.717, 1.165) is 13.0 Å². The van der Waals surface area contributed by atoms with Gasteiger partial charge in [-0.05, 0) is 36.1 Å². The van der Waals surface area contributed by atoms with E-state index in [-0.39, 0.29) is 5.91 Å². The molecule has 3 aromatic rings. The van der Waals surface area contributed by atoms with Gasteiger partial charge in [-0.2, -0.15) is 0 Å². The second-order valence-electron chi connectivity index (χ2n) is 6.96. The fourth-order valence-electron chi connectivity index (χ4n) is 4.11. The van der Waals surface area contributed by atoms with E-state index in [1.165, 1.54) is 16.6 Å². The number of methoxy groups -OCH3 is 2. The molecule has 1 atom stereocenters. The standard InChI is InChI=1S/C22H24N2O3/c1-23-17-8-5-4-7-15(17)13-18(23)16-11-12-24(14-16)22(25)21-19(26-2)9-6-10-20(21)27-3/h4-10,13,16H,11-12,14H2,1-3H3. The Morgan fingerprint density at radius 3 is 2.41 bits per heavy atom. The highest BCUT2D eigenvalue weighted by molar-refractivity contribution is 6.00. The first-order chi connectivity index (χ1) is 13.1. The van der Waals surface area contributed by atoms with Crippen molar-refractivity contribution in [2.75, 3.05) is 27.3 Å². The third kappa shape index (κ3) is 2.93. The molecular weight excluding hydrogens is 340 g/mol. The van der Waals surface area contributed by atoms with E-state index in [1.54, 1.807) is 26.4 Å². The number of carbonyl (C=O) groups is 1. The quantitative estimate of drug-likeness (QED) is 0.707. The number of ether oxygens (including phenoxy) is 2. The van der Waals surface area contributed by atoms with Crippen molar-refractivity contribution in [1.82, 2.24) is 9.47 Å². The predicted octanol–water partition coefficient (Wildman–Crippen LogP) is 3.83. The highest BCUT2D eigenvalue weighted by Gasteiger charge is 2.32. The summed E-state index contributed by atoms with van der Waals surface area (Å²) in [6.07, 6.45) is 0.952. The Hall–Kier alpha value is -2.95. The topological polar surface area (TPSA) is 43.7 Å². The molecule has 2 heterocycles. The number of fused-ring (bicyclic) bond motifs is 1. The van der Waals surface area contributed by atoms with E-state index in [1.807, 2.05) is 11.0 Å². The highest BCUT2D eigenvalue weighted by atomic mass is 16.5. The van der Waals surface area contributed by atoms with Crippen LogP contribution in [0.1, 0.15) is 28.4 Å². The minimum atomic E-state index is -0.0365. The van der Waals surface area contributed by atoms with Gasteiger partial charge in [0, 0.05) is 37.3 Å². The molecule has 0 saturated carbocycles. The zero-order valence-electron chi connectivity index (χ0n) is 15.9. The van der Waals surface area contributed by atoms with Crippen molar-refractivity contribution < 1.29 is 14.3 Å². The number of rotatable bonds is 4. The van der Waals surface area contributed by atoms with Gasteiger partial charge >= 0.3 is 0 Å². The van der Waals surface area contributed by atoms with Gasteiger partial charge in [-0.3, -0.25) is 4.79 Å². The molecule has 2 aromatic carbocycles. The maximum atomic E-state index is 13.2. The molecule has 0 N–H and O–H groups in total. The Kier molecular flexibility index (Phi) is 4.52. The molecule has 0 spiro atoms. The molecule has 5 heteroatoms. The van der Waals surface area contributed by atoms with Crippen molar-refractivity contribution >= 4 is 16.8 Å². The molecule has 0 radical (unpaired) electrons. The molecule has 0 aliphatic carbocycles. The fraction of sp³-hybridized carbons (Fsp3) is 0.318. The van der Waals surface area contributed by atoms with Crippen LogP contribution in [-0.4, -0.2) is 42.7 Å². The number of benzene rings is 2. The van der Waals surface area contributed by atoms with Crippen molar-refractivity contribution in [2.45, 2.75) is 12.3 Å². The van der Waals surface area contributed by atoms with Crippen LogP contribution in [0.3, 0.4) is 0 Å². The first kappa shape index (κ1) is 17.5.